The molecule has 1 N–H and O–H groups in total. The van der Waals surface area contributed by atoms with Crippen LogP contribution < -0.4 is 4.74 Å². The van der Waals surface area contributed by atoms with Crippen LogP contribution in [0.15, 0.2) is 53.6 Å². The van der Waals surface area contributed by atoms with Crippen molar-refractivity contribution in [2.45, 2.75) is 5.03 Å². The lowest BCUT2D eigenvalue weighted by atomic mass is 10.1. The fourth-order valence-electron chi connectivity index (χ4n) is 1.94. The highest BCUT2D eigenvalue weighted by Crippen LogP contribution is 2.32. The number of nitrogens with one attached hydrogen (secondary N) is 1. The maximum absolute atomic E-state index is 6.10. The van der Waals surface area contributed by atoms with Crippen LogP contribution in [0, 0.1) is 0 Å². The maximum atomic E-state index is 6.10. The van der Waals surface area contributed by atoms with Crippen molar-refractivity contribution in [3.63, 3.8) is 0 Å². The second-order valence-corrected chi connectivity index (χ2v) is 6.20. The maximum Gasteiger partial charge on any atom is 0.146 e. The standard InChI is InChI=1S/C16H12Cl2N2OS/c1-22-16-9-14(19-20-16)10-2-5-12(6-3-10)21-15-7-4-11(17)8-13(15)18/h2-9H,1H3,(H,19,20). The predicted octanol–water partition coefficient (Wildman–Crippen LogP) is 5.90. The van der Waals surface area contributed by atoms with Gasteiger partial charge in [0.25, 0.3) is 0 Å². The van der Waals surface area contributed by atoms with Gasteiger partial charge in [-0.2, -0.15) is 5.10 Å². The van der Waals surface area contributed by atoms with E-state index in [0.29, 0.717) is 21.5 Å². The summed E-state index contributed by atoms with van der Waals surface area (Å²) in [5, 5.41) is 9.23. The zero-order chi connectivity index (χ0) is 15.5. The largest absolute Gasteiger partial charge is 0.456 e. The van der Waals surface area contributed by atoms with Gasteiger partial charge < -0.3 is 4.74 Å². The minimum Gasteiger partial charge on any atom is -0.456 e. The van der Waals surface area contributed by atoms with E-state index in [4.69, 9.17) is 27.9 Å². The molecule has 0 spiro atoms. The molecule has 1 aromatic heterocycles. The summed E-state index contributed by atoms with van der Waals surface area (Å²) < 4.78 is 5.76. The first-order valence-corrected chi connectivity index (χ1v) is 8.46. The number of rotatable bonds is 4. The van der Waals surface area contributed by atoms with Crippen LogP contribution in [0.2, 0.25) is 10.0 Å². The highest BCUT2D eigenvalue weighted by atomic mass is 35.5. The van der Waals surface area contributed by atoms with Gasteiger partial charge in [0.1, 0.15) is 16.5 Å². The molecule has 0 bridgehead atoms. The second-order valence-electron chi connectivity index (χ2n) is 4.53. The Kier molecular flexibility index (Phi) is 4.62. The summed E-state index contributed by atoms with van der Waals surface area (Å²) in [7, 11) is 0. The molecule has 0 unspecified atom stereocenters. The van der Waals surface area contributed by atoms with Crippen molar-refractivity contribution < 1.29 is 4.74 Å². The Hall–Kier alpha value is -1.62. The molecule has 0 saturated carbocycles. The molecule has 0 amide bonds. The van der Waals surface area contributed by atoms with Gasteiger partial charge in [0.15, 0.2) is 0 Å². The van der Waals surface area contributed by atoms with Gasteiger partial charge >= 0.3 is 0 Å². The third-order valence-electron chi connectivity index (χ3n) is 3.05. The average molecular weight is 351 g/mol. The van der Waals surface area contributed by atoms with E-state index in [-0.39, 0.29) is 0 Å². The summed E-state index contributed by atoms with van der Waals surface area (Å²) in [6, 6.07) is 14.9. The molecule has 1 heterocycles. The lowest BCUT2D eigenvalue weighted by molar-refractivity contribution is 0.483. The summed E-state index contributed by atoms with van der Waals surface area (Å²) in [5.74, 6) is 1.28. The molecular weight excluding hydrogens is 339 g/mol. The van der Waals surface area contributed by atoms with Crippen molar-refractivity contribution >= 4 is 35.0 Å². The van der Waals surface area contributed by atoms with Gasteiger partial charge in [-0.1, -0.05) is 23.2 Å². The van der Waals surface area contributed by atoms with Gasteiger partial charge in [0.05, 0.1) is 10.7 Å². The van der Waals surface area contributed by atoms with Crippen LogP contribution in [0.3, 0.4) is 0 Å². The van der Waals surface area contributed by atoms with Crippen LogP contribution in [0.4, 0.5) is 0 Å². The van der Waals surface area contributed by atoms with Crippen LogP contribution >= 0.6 is 35.0 Å². The molecule has 112 valence electrons. The van der Waals surface area contributed by atoms with Crippen LogP contribution in [-0.4, -0.2) is 16.5 Å². The van der Waals surface area contributed by atoms with Gasteiger partial charge in [-0.25, -0.2) is 0 Å². The highest BCUT2D eigenvalue weighted by Gasteiger charge is 2.06. The first-order valence-electron chi connectivity index (χ1n) is 6.48. The monoisotopic (exact) mass is 350 g/mol. The summed E-state index contributed by atoms with van der Waals surface area (Å²) in [5.41, 5.74) is 2.02. The van der Waals surface area contributed by atoms with Crippen molar-refractivity contribution in [2.75, 3.05) is 6.26 Å². The van der Waals surface area contributed by atoms with Gasteiger partial charge in [-0.05, 0) is 60.4 Å². The third kappa shape index (κ3) is 3.40. The highest BCUT2D eigenvalue weighted by molar-refractivity contribution is 7.98. The number of H-pyrrole nitrogens is 1. The Morgan fingerprint density at radius 3 is 2.45 bits per heavy atom. The van der Waals surface area contributed by atoms with Crippen molar-refractivity contribution in [1.29, 1.82) is 0 Å². The van der Waals surface area contributed by atoms with E-state index in [1.54, 1.807) is 30.0 Å². The van der Waals surface area contributed by atoms with E-state index >= 15 is 0 Å². The minimum absolute atomic E-state index is 0.481. The van der Waals surface area contributed by atoms with E-state index in [1.165, 1.54) is 0 Å². The molecule has 6 heteroatoms. The first-order chi connectivity index (χ1) is 10.7. The van der Waals surface area contributed by atoms with E-state index in [2.05, 4.69) is 10.2 Å². The molecule has 0 aliphatic carbocycles. The molecule has 0 fully saturated rings. The van der Waals surface area contributed by atoms with E-state index in [0.717, 1.165) is 16.3 Å². The lowest BCUT2D eigenvalue weighted by Gasteiger charge is -2.08. The van der Waals surface area contributed by atoms with Gasteiger partial charge in [0.2, 0.25) is 0 Å². The number of aromatic nitrogens is 2. The number of halogens is 2. The lowest BCUT2D eigenvalue weighted by Crippen LogP contribution is -1.86. The SMILES string of the molecule is CSc1cc(-c2ccc(Oc3ccc(Cl)cc3Cl)cc2)[nH]n1. The Balaban J connectivity index is 1.79. The molecule has 0 radical (unpaired) electrons. The third-order valence-corrected chi connectivity index (χ3v) is 4.21. The molecule has 22 heavy (non-hydrogen) atoms. The average Bonchev–Trinajstić information content (AvgIpc) is 3.00. The minimum atomic E-state index is 0.481. The first kappa shape index (κ1) is 15.3. The Bertz CT molecular complexity index is 787. The zero-order valence-corrected chi connectivity index (χ0v) is 14.0. The fourth-order valence-corrected chi connectivity index (χ4v) is 2.76. The van der Waals surface area contributed by atoms with Gasteiger partial charge in [-0.15, -0.1) is 11.8 Å². The predicted molar refractivity (Wildman–Crippen MR) is 92.3 cm³/mol. The smallest absolute Gasteiger partial charge is 0.146 e. The molecule has 3 nitrogen and oxygen atoms in total. The van der Waals surface area contributed by atoms with Gasteiger partial charge in [0, 0.05) is 5.02 Å². The van der Waals surface area contributed by atoms with E-state index < -0.39 is 0 Å². The molecule has 2 aromatic carbocycles. The summed E-state index contributed by atoms with van der Waals surface area (Å²) in [4.78, 5) is 0. The number of ether oxygens (including phenoxy) is 1. The van der Waals surface area contributed by atoms with Crippen LogP contribution in [0.1, 0.15) is 0 Å². The number of thioether (sulfide) groups is 1. The Morgan fingerprint density at radius 1 is 1.05 bits per heavy atom. The Labute approximate surface area is 142 Å². The van der Waals surface area contributed by atoms with Crippen LogP contribution in [0.5, 0.6) is 11.5 Å². The molecule has 3 aromatic rings. The van der Waals surface area contributed by atoms with Crippen molar-refractivity contribution in [1.82, 2.24) is 10.2 Å². The topological polar surface area (TPSA) is 37.9 Å². The molecule has 0 aliphatic rings. The zero-order valence-electron chi connectivity index (χ0n) is 11.6. The molecular formula is C16H12Cl2N2OS. The fraction of sp³-hybridized carbons (Fsp3) is 0.0625. The molecule has 0 saturated heterocycles. The van der Waals surface area contributed by atoms with Crippen molar-refractivity contribution in [2.24, 2.45) is 0 Å². The van der Waals surface area contributed by atoms with Gasteiger partial charge in [-0.3, -0.25) is 5.10 Å². The van der Waals surface area contributed by atoms with E-state index in [9.17, 15) is 0 Å². The van der Waals surface area contributed by atoms with E-state index in [1.807, 2.05) is 36.6 Å². The summed E-state index contributed by atoms with van der Waals surface area (Å²) >= 11 is 13.6. The number of hydrogen-bond donors (Lipinski definition) is 1. The van der Waals surface area contributed by atoms with Crippen molar-refractivity contribution in [3.05, 3.63) is 58.6 Å². The number of benzene rings is 2. The Morgan fingerprint density at radius 2 is 1.82 bits per heavy atom. The molecule has 3 rings (SSSR count). The summed E-state index contributed by atoms with van der Waals surface area (Å²) in [6.45, 7) is 0. The number of nitrogens with zero attached hydrogens (tertiary/aromatic N) is 1. The number of hydrogen-bond acceptors (Lipinski definition) is 3. The molecule has 0 atom stereocenters. The van der Waals surface area contributed by atoms with Crippen molar-refractivity contribution in [3.8, 4) is 22.8 Å². The quantitative estimate of drug-likeness (QED) is 0.595. The summed E-state index contributed by atoms with van der Waals surface area (Å²) in [6.07, 6.45) is 1.99. The molecule has 0 aliphatic heterocycles. The van der Waals surface area contributed by atoms with Crippen LogP contribution in [-0.2, 0) is 0 Å². The number of aromatic amines is 1. The normalized spacial score (nSPS) is 10.7. The second kappa shape index (κ2) is 6.65. The van der Waals surface area contributed by atoms with Crippen LogP contribution in [0.25, 0.3) is 11.3 Å².